The van der Waals surface area contributed by atoms with Gasteiger partial charge in [0.1, 0.15) is 4.83 Å². The number of fused-ring (bicyclic) bond motifs is 1. The number of thiophene rings is 1. The molecule has 0 aliphatic heterocycles. The van der Waals surface area contributed by atoms with E-state index in [-0.39, 0.29) is 16.7 Å². The standard InChI is InChI=1S/C23H25N3O2S2/c1-15(20(27)24-13-12-16-8-4-2-5-9-16)30-23-25-21(28)19-18(14-29-22(19)26-23)17-10-6-3-7-11-17/h3,6-8,10-11,14-15H,2,4-5,9,12-13H2,1H3,(H,24,27)(H,25,26,28)/t15-/m0/s1. The van der Waals surface area contributed by atoms with E-state index in [1.807, 2.05) is 42.6 Å². The van der Waals surface area contributed by atoms with Gasteiger partial charge in [-0.2, -0.15) is 0 Å². The number of carbonyl (C=O) groups is 1. The molecule has 0 fully saturated rings. The minimum absolute atomic E-state index is 0.0321. The predicted molar refractivity (Wildman–Crippen MR) is 125 cm³/mol. The maximum Gasteiger partial charge on any atom is 0.260 e. The average molecular weight is 440 g/mol. The van der Waals surface area contributed by atoms with Crippen LogP contribution in [0.5, 0.6) is 0 Å². The lowest BCUT2D eigenvalue weighted by atomic mass is 9.97. The van der Waals surface area contributed by atoms with Gasteiger partial charge in [0.2, 0.25) is 5.91 Å². The summed E-state index contributed by atoms with van der Waals surface area (Å²) in [7, 11) is 0. The van der Waals surface area contributed by atoms with Crippen LogP contribution in [0.15, 0.2) is 57.3 Å². The van der Waals surface area contributed by atoms with Gasteiger partial charge in [-0.1, -0.05) is 53.7 Å². The summed E-state index contributed by atoms with van der Waals surface area (Å²) in [6, 6.07) is 9.83. The molecule has 1 atom stereocenters. The highest BCUT2D eigenvalue weighted by Crippen LogP contribution is 2.31. The topological polar surface area (TPSA) is 74.8 Å². The summed E-state index contributed by atoms with van der Waals surface area (Å²) in [5.41, 5.74) is 3.17. The molecule has 3 aromatic rings. The van der Waals surface area contributed by atoms with E-state index in [9.17, 15) is 9.59 Å². The van der Waals surface area contributed by atoms with Crippen molar-refractivity contribution in [2.45, 2.75) is 49.4 Å². The Hall–Kier alpha value is -2.38. The number of allylic oxidation sites excluding steroid dienone is 1. The van der Waals surface area contributed by atoms with Crippen LogP contribution in [-0.2, 0) is 4.79 Å². The number of nitrogens with one attached hydrogen (secondary N) is 2. The van der Waals surface area contributed by atoms with Crippen molar-refractivity contribution in [2.75, 3.05) is 6.54 Å². The number of carbonyl (C=O) groups excluding carboxylic acids is 1. The molecule has 1 aliphatic carbocycles. The van der Waals surface area contributed by atoms with Crippen molar-refractivity contribution in [3.63, 3.8) is 0 Å². The second-order valence-corrected chi connectivity index (χ2v) is 9.66. The molecule has 2 aromatic heterocycles. The van der Waals surface area contributed by atoms with Gasteiger partial charge < -0.3 is 10.3 Å². The first-order valence-electron chi connectivity index (χ1n) is 10.3. The maximum absolute atomic E-state index is 12.7. The fourth-order valence-electron chi connectivity index (χ4n) is 3.66. The number of hydrogen-bond acceptors (Lipinski definition) is 5. The van der Waals surface area contributed by atoms with Crippen LogP contribution < -0.4 is 10.9 Å². The zero-order valence-electron chi connectivity index (χ0n) is 16.9. The molecule has 1 aliphatic rings. The Morgan fingerprint density at radius 3 is 2.90 bits per heavy atom. The Bertz CT molecular complexity index is 1120. The summed E-state index contributed by atoms with van der Waals surface area (Å²) >= 11 is 2.74. The van der Waals surface area contributed by atoms with Crippen LogP contribution in [0.4, 0.5) is 0 Å². The first kappa shape index (κ1) is 20.9. The molecule has 4 rings (SSSR count). The fourth-order valence-corrected chi connectivity index (χ4v) is 5.48. The lowest BCUT2D eigenvalue weighted by Gasteiger charge is -2.14. The summed E-state index contributed by atoms with van der Waals surface area (Å²) in [4.78, 5) is 33.3. The number of amides is 1. The first-order valence-corrected chi connectivity index (χ1v) is 12.1. The molecule has 2 heterocycles. The van der Waals surface area contributed by atoms with E-state index in [1.54, 1.807) is 0 Å². The van der Waals surface area contributed by atoms with Crippen molar-refractivity contribution < 1.29 is 4.79 Å². The summed E-state index contributed by atoms with van der Waals surface area (Å²) < 4.78 is 0. The monoisotopic (exact) mass is 439 g/mol. The van der Waals surface area contributed by atoms with E-state index in [1.165, 1.54) is 41.5 Å². The number of aromatic nitrogens is 2. The van der Waals surface area contributed by atoms with Gasteiger partial charge in [0.05, 0.1) is 10.6 Å². The second-order valence-electron chi connectivity index (χ2n) is 7.48. The molecule has 2 N–H and O–H groups in total. The minimum atomic E-state index is -0.334. The molecule has 0 radical (unpaired) electrons. The van der Waals surface area contributed by atoms with Gasteiger partial charge in [-0.25, -0.2) is 4.98 Å². The highest BCUT2D eigenvalue weighted by molar-refractivity contribution is 8.00. The zero-order chi connectivity index (χ0) is 20.9. The zero-order valence-corrected chi connectivity index (χ0v) is 18.6. The van der Waals surface area contributed by atoms with Crippen molar-refractivity contribution in [1.82, 2.24) is 15.3 Å². The maximum atomic E-state index is 12.7. The van der Waals surface area contributed by atoms with E-state index in [4.69, 9.17) is 0 Å². The molecule has 5 nitrogen and oxygen atoms in total. The van der Waals surface area contributed by atoms with Crippen LogP contribution in [-0.4, -0.2) is 27.7 Å². The Labute approximate surface area is 184 Å². The van der Waals surface area contributed by atoms with Gasteiger partial charge in [0.15, 0.2) is 5.16 Å². The van der Waals surface area contributed by atoms with Gasteiger partial charge in [-0.05, 0) is 44.6 Å². The van der Waals surface area contributed by atoms with E-state index in [2.05, 4.69) is 21.4 Å². The molecule has 0 saturated heterocycles. The third-order valence-electron chi connectivity index (χ3n) is 5.30. The molecule has 0 bridgehead atoms. The molecule has 1 amide bonds. The van der Waals surface area contributed by atoms with Crippen LogP contribution >= 0.6 is 23.1 Å². The third kappa shape index (κ3) is 4.84. The van der Waals surface area contributed by atoms with Gasteiger partial charge in [-0.15, -0.1) is 11.3 Å². The Balaban J connectivity index is 1.41. The van der Waals surface area contributed by atoms with Gasteiger partial charge in [0, 0.05) is 17.5 Å². The SMILES string of the molecule is C[C@H](Sc1nc2scc(-c3ccccc3)c2c(=O)[nH]1)C(=O)NCCC1=CCCCC1. The van der Waals surface area contributed by atoms with E-state index in [0.29, 0.717) is 21.9 Å². The highest BCUT2D eigenvalue weighted by atomic mass is 32.2. The predicted octanol–water partition coefficient (Wildman–Crippen LogP) is 5.14. The fraction of sp³-hybridized carbons (Fsp3) is 0.348. The number of H-pyrrole nitrogens is 1. The summed E-state index contributed by atoms with van der Waals surface area (Å²) in [6.45, 7) is 2.50. The number of rotatable bonds is 7. The van der Waals surface area contributed by atoms with Crippen molar-refractivity contribution in [2.24, 2.45) is 0 Å². The average Bonchev–Trinajstić information content (AvgIpc) is 3.19. The van der Waals surface area contributed by atoms with Crippen LogP contribution in [0.1, 0.15) is 39.0 Å². The Morgan fingerprint density at radius 1 is 1.30 bits per heavy atom. The molecule has 0 saturated carbocycles. The first-order chi connectivity index (χ1) is 14.6. The van der Waals surface area contributed by atoms with Crippen molar-refractivity contribution in [3.05, 3.63) is 57.7 Å². The normalized spacial score (nSPS) is 15.0. The van der Waals surface area contributed by atoms with Crippen LogP contribution in [0.25, 0.3) is 21.3 Å². The molecule has 1 aromatic carbocycles. The number of benzene rings is 1. The van der Waals surface area contributed by atoms with Crippen LogP contribution in [0.2, 0.25) is 0 Å². The summed E-state index contributed by atoms with van der Waals surface area (Å²) in [5, 5.41) is 5.72. The quantitative estimate of drug-likeness (QED) is 0.304. The number of thioether (sulfide) groups is 1. The second kappa shape index (κ2) is 9.62. The van der Waals surface area contributed by atoms with Crippen LogP contribution in [0.3, 0.4) is 0 Å². The largest absolute Gasteiger partial charge is 0.355 e. The van der Waals surface area contributed by atoms with Gasteiger partial charge >= 0.3 is 0 Å². The number of hydrogen-bond donors (Lipinski definition) is 2. The number of nitrogens with zero attached hydrogens (tertiary/aromatic N) is 1. The molecule has 7 heteroatoms. The lowest BCUT2D eigenvalue weighted by Crippen LogP contribution is -2.32. The van der Waals surface area contributed by atoms with Gasteiger partial charge in [0.25, 0.3) is 5.56 Å². The van der Waals surface area contributed by atoms with Crippen molar-refractivity contribution in [3.8, 4) is 11.1 Å². The summed E-state index contributed by atoms with van der Waals surface area (Å²) in [5.74, 6) is -0.0321. The molecule has 30 heavy (non-hydrogen) atoms. The third-order valence-corrected chi connectivity index (χ3v) is 7.15. The number of aromatic amines is 1. The molecule has 0 unspecified atom stereocenters. The Morgan fingerprint density at radius 2 is 2.13 bits per heavy atom. The highest BCUT2D eigenvalue weighted by Gasteiger charge is 2.18. The van der Waals surface area contributed by atoms with Crippen LogP contribution in [0, 0.1) is 0 Å². The van der Waals surface area contributed by atoms with E-state index < -0.39 is 0 Å². The molecule has 156 valence electrons. The lowest BCUT2D eigenvalue weighted by molar-refractivity contribution is -0.120. The molecular formula is C23H25N3O2S2. The minimum Gasteiger partial charge on any atom is -0.355 e. The van der Waals surface area contributed by atoms with Crippen molar-refractivity contribution in [1.29, 1.82) is 0 Å². The van der Waals surface area contributed by atoms with E-state index in [0.717, 1.165) is 30.4 Å². The smallest absolute Gasteiger partial charge is 0.260 e. The van der Waals surface area contributed by atoms with Crippen molar-refractivity contribution >= 4 is 39.2 Å². The Kier molecular flexibility index (Phi) is 6.69. The van der Waals surface area contributed by atoms with Gasteiger partial charge in [-0.3, -0.25) is 9.59 Å². The summed E-state index contributed by atoms with van der Waals surface area (Å²) in [6.07, 6.45) is 8.06. The molecular weight excluding hydrogens is 414 g/mol. The molecule has 0 spiro atoms. The van der Waals surface area contributed by atoms with E-state index >= 15 is 0 Å².